The van der Waals surface area contributed by atoms with Crippen molar-refractivity contribution in [3.05, 3.63) is 45.9 Å². The topological polar surface area (TPSA) is 70.2 Å². The lowest BCUT2D eigenvalue weighted by Crippen LogP contribution is -2.13. The van der Waals surface area contributed by atoms with E-state index in [9.17, 15) is 9.59 Å². The van der Waals surface area contributed by atoms with Crippen LogP contribution in [0.2, 0.25) is 0 Å². The molecule has 0 aliphatic rings. The van der Waals surface area contributed by atoms with E-state index >= 15 is 0 Å². The number of carboxylic acids is 1. The van der Waals surface area contributed by atoms with E-state index in [1.807, 2.05) is 0 Å². The van der Waals surface area contributed by atoms with E-state index in [-0.39, 0.29) is 12.0 Å². The second-order valence-corrected chi connectivity index (χ2v) is 3.67. The Hall–Kier alpha value is -2.10. The molecule has 0 aliphatic carbocycles. The number of rotatable bonds is 2. The molecule has 0 fully saturated rings. The van der Waals surface area contributed by atoms with Crippen molar-refractivity contribution in [1.82, 2.24) is 4.98 Å². The fourth-order valence-electron chi connectivity index (χ4n) is 1.84. The molecule has 2 rings (SSSR count). The molecule has 0 atom stereocenters. The number of nitrogens with one attached hydrogen (secondary N) is 1. The minimum Gasteiger partial charge on any atom is -0.481 e. The number of hydrogen-bond donors (Lipinski definition) is 2. The first-order valence-electron chi connectivity index (χ1n) is 4.92. The molecule has 0 amide bonds. The van der Waals surface area contributed by atoms with Crippen molar-refractivity contribution < 1.29 is 9.90 Å². The maximum absolute atomic E-state index is 11.6. The van der Waals surface area contributed by atoms with Gasteiger partial charge in [-0.2, -0.15) is 0 Å². The lowest BCUT2D eigenvalue weighted by atomic mass is 10.0. The van der Waals surface area contributed by atoms with Crippen molar-refractivity contribution in [3.8, 4) is 0 Å². The number of pyridine rings is 1. The Bertz CT molecular complexity index is 613. The fraction of sp³-hybridized carbons (Fsp3) is 0.167. The molecule has 0 unspecified atom stereocenters. The third-order valence-electron chi connectivity index (χ3n) is 2.58. The van der Waals surface area contributed by atoms with Crippen LogP contribution in [0.3, 0.4) is 0 Å². The van der Waals surface area contributed by atoms with Crippen LogP contribution in [0.25, 0.3) is 10.8 Å². The lowest BCUT2D eigenvalue weighted by Gasteiger charge is -2.07. The third kappa shape index (κ3) is 1.69. The number of aliphatic carboxylic acids is 1. The Balaban J connectivity index is 2.81. The van der Waals surface area contributed by atoms with Crippen LogP contribution in [-0.2, 0) is 11.2 Å². The van der Waals surface area contributed by atoms with Crippen LogP contribution in [0.15, 0.2) is 29.1 Å². The van der Waals surface area contributed by atoms with E-state index in [1.165, 1.54) is 0 Å². The zero-order chi connectivity index (χ0) is 11.7. The number of benzene rings is 1. The van der Waals surface area contributed by atoms with Crippen molar-refractivity contribution in [2.24, 2.45) is 0 Å². The minimum absolute atomic E-state index is 0.0802. The number of fused-ring (bicyclic) bond motifs is 1. The Labute approximate surface area is 91.5 Å². The highest BCUT2D eigenvalue weighted by molar-refractivity contribution is 5.88. The maximum Gasteiger partial charge on any atom is 0.307 e. The number of H-pyrrole nitrogens is 1. The maximum atomic E-state index is 11.6. The number of aromatic amines is 1. The summed E-state index contributed by atoms with van der Waals surface area (Å²) >= 11 is 0. The number of carbonyl (C=O) groups is 1. The van der Waals surface area contributed by atoms with Gasteiger partial charge in [-0.1, -0.05) is 18.2 Å². The summed E-state index contributed by atoms with van der Waals surface area (Å²) in [5.41, 5.74) is 1.11. The van der Waals surface area contributed by atoms with Gasteiger partial charge in [-0.25, -0.2) is 0 Å². The van der Waals surface area contributed by atoms with Crippen molar-refractivity contribution in [2.75, 3.05) is 0 Å². The summed E-state index contributed by atoms with van der Waals surface area (Å²) in [5.74, 6) is -0.902. The molecule has 1 heterocycles. The first-order valence-corrected chi connectivity index (χ1v) is 4.92. The molecule has 82 valence electrons. The van der Waals surface area contributed by atoms with Crippen LogP contribution in [-0.4, -0.2) is 16.1 Å². The van der Waals surface area contributed by atoms with E-state index in [0.717, 1.165) is 0 Å². The van der Waals surface area contributed by atoms with Gasteiger partial charge in [-0.3, -0.25) is 9.59 Å². The molecule has 0 saturated heterocycles. The predicted molar refractivity (Wildman–Crippen MR) is 60.6 cm³/mol. The summed E-state index contributed by atoms with van der Waals surface area (Å²) in [6.07, 6.45) is -0.0802. The number of hydrogen-bond acceptors (Lipinski definition) is 2. The quantitative estimate of drug-likeness (QED) is 0.800. The van der Waals surface area contributed by atoms with Crippen LogP contribution < -0.4 is 5.56 Å². The first kappa shape index (κ1) is 10.4. The fourth-order valence-corrected chi connectivity index (χ4v) is 1.84. The zero-order valence-electron chi connectivity index (χ0n) is 8.78. The highest BCUT2D eigenvalue weighted by Gasteiger charge is 2.10. The molecule has 0 bridgehead atoms. The second kappa shape index (κ2) is 3.81. The third-order valence-corrected chi connectivity index (χ3v) is 2.58. The van der Waals surface area contributed by atoms with Crippen LogP contribution >= 0.6 is 0 Å². The highest BCUT2D eigenvalue weighted by Crippen LogP contribution is 2.17. The van der Waals surface area contributed by atoms with E-state index in [4.69, 9.17) is 5.11 Å². The Morgan fingerprint density at radius 3 is 2.56 bits per heavy atom. The van der Waals surface area contributed by atoms with Gasteiger partial charge in [0.15, 0.2) is 0 Å². The van der Waals surface area contributed by atoms with E-state index in [2.05, 4.69) is 4.98 Å². The summed E-state index contributed by atoms with van der Waals surface area (Å²) in [6, 6.07) is 7.03. The molecule has 4 nitrogen and oxygen atoms in total. The van der Waals surface area contributed by atoms with Gasteiger partial charge < -0.3 is 10.1 Å². The average molecular weight is 217 g/mol. The van der Waals surface area contributed by atoms with Crippen LogP contribution in [0.1, 0.15) is 11.3 Å². The first-order chi connectivity index (χ1) is 7.59. The molecule has 1 aromatic carbocycles. The molecule has 0 radical (unpaired) electrons. The number of carboxylic acid groups (broad SMARTS) is 1. The molecule has 2 N–H and O–H groups in total. The Kier molecular flexibility index (Phi) is 2.48. The Morgan fingerprint density at radius 1 is 1.31 bits per heavy atom. The van der Waals surface area contributed by atoms with Crippen molar-refractivity contribution in [2.45, 2.75) is 13.3 Å². The predicted octanol–water partition coefficient (Wildman–Crippen LogP) is 1.46. The summed E-state index contributed by atoms with van der Waals surface area (Å²) in [7, 11) is 0. The zero-order valence-corrected chi connectivity index (χ0v) is 8.78. The number of aryl methyl sites for hydroxylation is 1. The molecule has 4 heteroatoms. The van der Waals surface area contributed by atoms with Gasteiger partial charge in [-0.05, 0) is 23.9 Å². The second-order valence-electron chi connectivity index (χ2n) is 3.67. The van der Waals surface area contributed by atoms with E-state index in [1.54, 1.807) is 31.2 Å². The molecule has 2 aromatic rings. The van der Waals surface area contributed by atoms with Crippen LogP contribution in [0.5, 0.6) is 0 Å². The smallest absolute Gasteiger partial charge is 0.307 e. The SMILES string of the molecule is Cc1[nH]c(=O)c2ccccc2c1CC(=O)O. The van der Waals surface area contributed by atoms with E-state index < -0.39 is 5.97 Å². The monoisotopic (exact) mass is 217 g/mol. The summed E-state index contributed by atoms with van der Waals surface area (Å²) in [5, 5.41) is 10.1. The van der Waals surface area contributed by atoms with Gasteiger partial charge in [-0.15, -0.1) is 0 Å². The normalized spacial score (nSPS) is 10.6. The molecule has 16 heavy (non-hydrogen) atoms. The van der Waals surface area contributed by atoms with Gasteiger partial charge in [0, 0.05) is 11.1 Å². The minimum atomic E-state index is -0.902. The van der Waals surface area contributed by atoms with Gasteiger partial charge >= 0.3 is 5.97 Å². The molecule has 1 aromatic heterocycles. The highest BCUT2D eigenvalue weighted by atomic mass is 16.4. The largest absolute Gasteiger partial charge is 0.481 e. The average Bonchev–Trinajstić information content (AvgIpc) is 2.24. The van der Waals surface area contributed by atoms with Crippen molar-refractivity contribution >= 4 is 16.7 Å². The van der Waals surface area contributed by atoms with Gasteiger partial charge in [0.2, 0.25) is 0 Å². The van der Waals surface area contributed by atoms with Gasteiger partial charge in [0.1, 0.15) is 0 Å². The molecule has 0 spiro atoms. The molecular weight excluding hydrogens is 206 g/mol. The van der Waals surface area contributed by atoms with Gasteiger partial charge in [0.05, 0.1) is 6.42 Å². The van der Waals surface area contributed by atoms with Crippen LogP contribution in [0.4, 0.5) is 0 Å². The molecule has 0 saturated carbocycles. The summed E-state index contributed by atoms with van der Waals surface area (Å²) in [6.45, 7) is 1.71. The standard InChI is InChI=1S/C12H11NO3/c1-7-10(6-11(14)15)8-4-2-3-5-9(8)12(16)13-7/h2-5H,6H2,1H3,(H,13,16)(H,14,15). The Morgan fingerprint density at radius 2 is 1.94 bits per heavy atom. The number of aromatic nitrogens is 1. The van der Waals surface area contributed by atoms with Crippen molar-refractivity contribution in [1.29, 1.82) is 0 Å². The summed E-state index contributed by atoms with van der Waals surface area (Å²) in [4.78, 5) is 25.1. The molecule has 0 aliphatic heterocycles. The molecular formula is C12H11NO3. The van der Waals surface area contributed by atoms with E-state index in [0.29, 0.717) is 22.0 Å². The van der Waals surface area contributed by atoms with Gasteiger partial charge in [0.25, 0.3) is 5.56 Å². The lowest BCUT2D eigenvalue weighted by molar-refractivity contribution is -0.136. The van der Waals surface area contributed by atoms with Crippen LogP contribution in [0, 0.1) is 6.92 Å². The van der Waals surface area contributed by atoms with Crippen molar-refractivity contribution in [3.63, 3.8) is 0 Å². The summed E-state index contributed by atoms with van der Waals surface area (Å²) < 4.78 is 0.